The lowest BCUT2D eigenvalue weighted by atomic mass is 10.1. The van der Waals surface area contributed by atoms with Gasteiger partial charge in [-0.2, -0.15) is 5.26 Å². The second-order valence-corrected chi connectivity index (χ2v) is 8.49. The maximum Gasteiger partial charge on any atom is 0.410 e. The van der Waals surface area contributed by atoms with Crippen LogP contribution in [0.4, 0.5) is 9.18 Å². The summed E-state index contributed by atoms with van der Waals surface area (Å²) in [6.07, 6.45) is 3.07. The Kier molecular flexibility index (Phi) is 6.42. The van der Waals surface area contributed by atoms with E-state index in [0.717, 1.165) is 11.3 Å². The van der Waals surface area contributed by atoms with E-state index >= 15 is 0 Å². The standard InChI is InChI=1S/C22H28FN5O2/c1-16(17-5-7-18(23)8-6-17)28-15-25-14-20(28)19(13-24)26-9-11-27(12-10-26)21(29)30-22(2,3)4/h5-8,14-16,19H,9-12H2,1-4H3. The van der Waals surface area contributed by atoms with E-state index in [1.807, 2.05) is 37.2 Å². The van der Waals surface area contributed by atoms with Crippen molar-refractivity contribution in [3.8, 4) is 6.07 Å². The number of rotatable bonds is 4. The average Bonchev–Trinajstić information content (AvgIpc) is 3.17. The molecule has 0 radical (unpaired) electrons. The Labute approximate surface area is 176 Å². The number of imidazole rings is 1. The molecule has 2 unspecified atom stereocenters. The highest BCUT2D eigenvalue weighted by Crippen LogP contribution is 2.27. The molecule has 0 N–H and O–H groups in total. The van der Waals surface area contributed by atoms with Crippen molar-refractivity contribution in [2.24, 2.45) is 0 Å². The number of carbonyl (C=O) groups excluding carboxylic acids is 1. The van der Waals surface area contributed by atoms with Crippen LogP contribution in [0, 0.1) is 17.1 Å². The second kappa shape index (κ2) is 8.84. The fourth-order valence-electron chi connectivity index (χ4n) is 3.58. The summed E-state index contributed by atoms with van der Waals surface area (Å²) in [5.41, 5.74) is 1.17. The minimum Gasteiger partial charge on any atom is -0.444 e. The summed E-state index contributed by atoms with van der Waals surface area (Å²) in [5.74, 6) is -0.283. The fraction of sp³-hybridized carbons (Fsp3) is 0.500. The van der Waals surface area contributed by atoms with Crippen LogP contribution in [-0.2, 0) is 4.74 Å². The molecular formula is C22H28FN5O2. The number of benzene rings is 1. The molecule has 2 heterocycles. The first kappa shape index (κ1) is 21.8. The highest BCUT2D eigenvalue weighted by molar-refractivity contribution is 5.68. The molecule has 2 aromatic rings. The first-order valence-corrected chi connectivity index (χ1v) is 10.1. The molecule has 160 valence electrons. The van der Waals surface area contributed by atoms with Gasteiger partial charge in [-0.15, -0.1) is 0 Å². The van der Waals surface area contributed by atoms with E-state index in [2.05, 4.69) is 11.1 Å². The first-order chi connectivity index (χ1) is 14.2. The van der Waals surface area contributed by atoms with Gasteiger partial charge < -0.3 is 14.2 Å². The van der Waals surface area contributed by atoms with Gasteiger partial charge in [-0.3, -0.25) is 4.90 Å². The van der Waals surface area contributed by atoms with Crippen LogP contribution >= 0.6 is 0 Å². The molecule has 3 rings (SSSR count). The molecule has 1 aliphatic rings. The van der Waals surface area contributed by atoms with Crippen molar-refractivity contribution < 1.29 is 13.9 Å². The lowest BCUT2D eigenvalue weighted by Crippen LogP contribution is -2.50. The van der Waals surface area contributed by atoms with Gasteiger partial charge in [0.1, 0.15) is 17.5 Å². The maximum atomic E-state index is 13.3. The van der Waals surface area contributed by atoms with Gasteiger partial charge in [-0.25, -0.2) is 14.2 Å². The fourth-order valence-corrected chi connectivity index (χ4v) is 3.58. The zero-order valence-corrected chi connectivity index (χ0v) is 17.9. The van der Waals surface area contributed by atoms with Crippen LogP contribution in [0.2, 0.25) is 0 Å². The number of ether oxygens (including phenoxy) is 1. The molecular weight excluding hydrogens is 385 g/mol. The summed E-state index contributed by atoms with van der Waals surface area (Å²) in [4.78, 5) is 20.3. The number of nitriles is 1. The highest BCUT2D eigenvalue weighted by Gasteiger charge is 2.31. The molecule has 1 amide bonds. The van der Waals surface area contributed by atoms with Crippen molar-refractivity contribution in [1.82, 2.24) is 19.4 Å². The Balaban J connectivity index is 1.71. The Hall–Kier alpha value is -2.92. The second-order valence-electron chi connectivity index (χ2n) is 8.49. The van der Waals surface area contributed by atoms with Crippen LogP contribution in [0.15, 0.2) is 36.8 Å². The number of aromatic nitrogens is 2. The third-order valence-corrected chi connectivity index (χ3v) is 5.20. The zero-order valence-electron chi connectivity index (χ0n) is 17.9. The number of hydrogen-bond donors (Lipinski definition) is 0. The number of amides is 1. The Morgan fingerprint density at radius 2 is 1.83 bits per heavy atom. The summed E-state index contributed by atoms with van der Waals surface area (Å²) in [6, 6.07) is 8.14. The molecule has 7 nitrogen and oxygen atoms in total. The molecule has 1 fully saturated rings. The van der Waals surface area contributed by atoms with E-state index in [1.165, 1.54) is 12.1 Å². The summed E-state index contributed by atoms with van der Waals surface area (Å²) in [7, 11) is 0. The summed E-state index contributed by atoms with van der Waals surface area (Å²) < 4.78 is 20.7. The molecule has 0 saturated carbocycles. The van der Waals surface area contributed by atoms with Gasteiger partial charge in [0.15, 0.2) is 0 Å². The molecule has 1 aliphatic heterocycles. The summed E-state index contributed by atoms with van der Waals surface area (Å²) >= 11 is 0. The molecule has 0 bridgehead atoms. The SMILES string of the molecule is CC(c1ccc(F)cc1)n1cncc1C(C#N)N1CCN(C(=O)OC(C)(C)C)CC1. The number of piperazine rings is 1. The van der Waals surface area contributed by atoms with Crippen LogP contribution in [0.3, 0.4) is 0 Å². The molecule has 30 heavy (non-hydrogen) atoms. The largest absolute Gasteiger partial charge is 0.444 e. The number of halogens is 1. The molecule has 8 heteroatoms. The summed E-state index contributed by atoms with van der Waals surface area (Å²) in [5, 5.41) is 9.90. The Bertz CT molecular complexity index is 905. The van der Waals surface area contributed by atoms with Gasteiger partial charge in [0.25, 0.3) is 0 Å². The predicted molar refractivity (Wildman–Crippen MR) is 110 cm³/mol. The summed E-state index contributed by atoms with van der Waals surface area (Å²) in [6.45, 7) is 9.64. The van der Waals surface area contributed by atoms with E-state index < -0.39 is 11.6 Å². The smallest absolute Gasteiger partial charge is 0.410 e. The molecule has 1 saturated heterocycles. The van der Waals surface area contributed by atoms with Crippen molar-refractivity contribution in [3.63, 3.8) is 0 Å². The third-order valence-electron chi connectivity index (χ3n) is 5.20. The molecule has 0 spiro atoms. The van der Waals surface area contributed by atoms with Crippen LogP contribution in [0.25, 0.3) is 0 Å². The number of carbonyl (C=O) groups is 1. The first-order valence-electron chi connectivity index (χ1n) is 10.1. The quantitative estimate of drug-likeness (QED) is 0.763. The average molecular weight is 413 g/mol. The molecule has 1 aromatic carbocycles. The van der Waals surface area contributed by atoms with Gasteiger partial charge in [0, 0.05) is 26.2 Å². The highest BCUT2D eigenvalue weighted by atomic mass is 19.1. The minimum absolute atomic E-state index is 0.0954. The van der Waals surface area contributed by atoms with Crippen molar-refractivity contribution in [2.45, 2.75) is 45.4 Å². The number of nitrogens with zero attached hydrogens (tertiary/aromatic N) is 5. The molecule has 2 atom stereocenters. The van der Waals surface area contributed by atoms with Gasteiger partial charge in [0.2, 0.25) is 0 Å². The van der Waals surface area contributed by atoms with Gasteiger partial charge >= 0.3 is 6.09 Å². The van der Waals surface area contributed by atoms with Crippen molar-refractivity contribution in [3.05, 3.63) is 53.9 Å². The van der Waals surface area contributed by atoms with E-state index in [4.69, 9.17) is 4.74 Å². The molecule has 0 aliphatic carbocycles. The van der Waals surface area contributed by atoms with E-state index in [9.17, 15) is 14.4 Å². The zero-order chi connectivity index (χ0) is 21.9. The van der Waals surface area contributed by atoms with E-state index in [0.29, 0.717) is 26.2 Å². The van der Waals surface area contributed by atoms with E-state index in [-0.39, 0.29) is 18.0 Å². The topological polar surface area (TPSA) is 74.4 Å². The van der Waals surface area contributed by atoms with Crippen molar-refractivity contribution in [1.29, 1.82) is 5.26 Å². The monoisotopic (exact) mass is 413 g/mol. The van der Waals surface area contributed by atoms with Gasteiger partial charge in [-0.1, -0.05) is 12.1 Å². The normalized spacial score (nSPS) is 17.3. The predicted octanol–water partition coefficient (Wildman–Crippen LogP) is 3.75. The maximum absolute atomic E-state index is 13.3. The molecule has 1 aromatic heterocycles. The van der Waals surface area contributed by atoms with Gasteiger partial charge in [0.05, 0.1) is 30.3 Å². The van der Waals surface area contributed by atoms with Crippen LogP contribution in [0.1, 0.15) is 51.0 Å². The van der Waals surface area contributed by atoms with Gasteiger partial charge in [-0.05, 0) is 45.4 Å². The van der Waals surface area contributed by atoms with Crippen molar-refractivity contribution in [2.75, 3.05) is 26.2 Å². The lowest BCUT2D eigenvalue weighted by Gasteiger charge is -2.37. The lowest BCUT2D eigenvalue weighted by molar-refractivity contribution is 0.0122. The third kappa shape index (κ3) is 4.97. The minimum atomic E-state index is -0.535. The van der Waals surface area contributed by atoms with Crippen LogP contribution < -0.4 is 0 Å². The Morgan fingerprint density at radius 1 is 1.20 bits per heavy atom. The Morgan fingerprint density at radius 3 is 2.40 bits per heavy atom. The van der Waals surface area contributed by atoms with Crippen LogP contribution in [0.5, 0.6) is 0 Å². The van der Waals surface area contributed by atoms with Crippen molar-refractivity contribution >= 4 is 6.09 Å². The van der Waals surface area contributed by atoms with E-state index in [1.54, 1.807) is 29.6 Å². The number of hydrogen-bond acceptors (Lipinski definition) is 5. The van der Waals surface area contributed by atoms with Crippen LogP contribution in [-0.4, -0.2) is 57.2 Å².